The first kappa shape index (κ1) is 33.3. The van der Waals surface area contributed by atoms with Gasteiger partial charge in [-0.1, -0.05) is 62.8 Å². The molecule has 0 rings (SSSR count). The molecule has 0 aliphatic heterocycles. The van der Waals surface area contributed by atoms with Crippen LogP contribution in [0.2, 0.25) is 0 Å². The van der Waals surface area contributed by atoms with Crippen molar-refractivity contribution in [3.05, 3.63) is 24.3 Å². The van der Waals surface area contributed by atoms with Crippen molar-refractivity contribution in [3.8, 4) is 0 Å². The maximum Gasteiger partial charge on any atom is 0.320 e. The first-order chi connectivity index (χ1) is 16.5. The molecule has 0 saturated carbocycles. The van der Waals surface area contributed by atoms with Crippen LogP contribution in [0.1, 0.15) is 96.8 Å². The molecule has 0 heterocycles. The Balaban J connectivity index is 3.64. The topological polar surface area (TPSA) is 110 Å². The molecule has 7 nitrogen and oxygen atoms in total. The van der Waals surface area contributed by atoms with E-state index in [4.69, 9.17) is 5.11 Å². The van der Waals surface area contributed by atoms with Crippen LogP contribution in [0, 0.1) is 0 Å². The van der Waals surface area contributed by atoms with E-state index in [-0.39, 0.29) is 6.42 Å². The second kappa shape index (κ2) is 19.5. The summed E-state index contributed by atoms with van der Waals surface area (Å²) in [5, 5.41) is 33.5. The lowest BCUT2D eigenvalue weighted by Gasteiger charge is -2.36. The van der Waals surface area contributed by atoms with E-state index in [1.807, 2.05) is 21.1 Å². The smallest absolute Gasteiger partial charge is 0.320 e. The van der Waals surface area contributed by atoms with Crippen LogP contribution in [0.15, 0.2) is 24.3 Å². The first-order valence-corrected chi connectivity index (χ1v) is 13.4. The van der Waals surface area contributed by atoms with Crippen molar-refractivity contribution >= 4 is 11.9 Å². The van der Waals surface area contributed by atoms with E-state index < -0.39 is 23.6 Å². The zero-order valence-corrected chi connectivity index (χ0v) is 22.8. The highest BCUT2D eigenvalue weighted by Crippen LogP contribution is 2.22. The highest BCUT2D eigenvalue weighted by atomic mass is 16.4. The van der Waals surface area contributed by atoms with Crippen molar-refractivity contribution in [2.24, 2.45) is 0 Å². The number of aliphatic hydroxyl groups is 1. The number of carbonyl (C=O) groups excluding carboxylic acids is 1. The Morgan fingerprint density at radius 1 is 0.886 bits per heavy atom. The van der Waals surface area contributed by atoms with Gasteiger partial charge in [0.1, 0.15) is 18.2 Å². The lowest BCUT2D eigenvalue weighted by molar-refractivity contribution is -0.877. The molecule has 0 fully saturated rings. The van der Waals surface area contributed by atoms with Crippen molar-refractivity contribution in [3.63, 3.8) is 0 Å². The van der Waals surface area contributed by atoms with Gasteiger partial charge in [0.05, 0.1) is 21.1 Å². The van der Waals surface area contributed by atoms with Gasteiger partial charge in [0.15, 0.2) is 0 Å². The zero-order chi connectivity index (χ0) is 26.6. The third kappa shape index (κ3) is 22.5. The van der Waals surface area contributed by atoms with Gasteiger partial charge in [-0.05, 0) is 58.4 Å². The normalized spacial score (nSPS) is 15.0. The minimum Gasteiger partial charge on any atom is -0.550 e. The summed E-state index contributed by atoms with van der Waals surface area (Å²) in [5.74, 6) is -1.98. The molecule has 35 heavy (non-hydrogen) atoms. The van der Waals surface area contributed by atoms with E-state index >= 15 is 0 Å². The van der Waals surface area contributed by atoms with Gasteiger partial charge < -0.3 is 29.9 Å². The Bertz CT molecular complexity index is 627. The fraction of sp³-hybridized carbons (Fsp3) is 0.786. The summed E-state index contributed by atoms with van der Waals surface area (Å²) >= 11 is 0. The number of hydrogen-bond acceptors (Lipinski definition) is 5. The maximum absolute atomic E-state index is 11.0. The lowest BCUT2D eigenvalue weighted by Crippen LogP contribution is -2.51. The molecule has 204 valence electrons. The number of carboxylic acid groups (broad SMARTS) is 2. The molecule has 0 aliphatic rings. The number of rotatable bonds is 23. The second-order valence-corrected chi connectivity index (χ2v) is 10.9. The van der Waals surface area contributed by atoms with Gasteiger partial charge in [0, 0.05) is 12.4 Å². The number of nitrogens with zero attached hydrogens (tertiary/aromatic N) is 1. The first-order valence-electron chi connectivity index (χ1n) is 13.4. The van der Waals surface area contributed by atoms with E-state index in [2.05, 4.69) is 29.6 Å². The molecule has 0 aromatic carbocycles. The van der Waals surface area contributed by atoms with Crippen LogP contribution in [0.5, 0.6) is 0 Å². The quantitative estimate of drug-likeness (QED) is 0.113. The molecular weight excluding hydrogens is 444 g/mol. The number of nitrogens with one attached hydrogen (secondary N) is 1. The molecule has 7 heteroatoms. The van der Waals surface area contributed by atoms with Crippen molar-refractivity contribution in [2.75, 3.05) is 34.2 Å². The number of allylic oxidation sites excluding steroid dienone is 4. The SMILES string of the molecule is C[C@H](NCCCCC/C=C\C/C=C\CCCCCCCCC(O)(CC(=O)[O-])C[N+](C)(C)C)C(=O)O. The standard InChI is InChI=1S/C28H52N2O5/c1-25(27(33)34)29-22-20-18-16-14-12-10-8-6-5-7-9-11-13-15-17-19-21-28(35,23-26(31)32)24-30(2,3)4/h5-6,10,12,25,29,35H,7-9,11,13-24H2,1-4H3,(H-,31,32,33,34)/b6-5-,12-10-/t25-,28?/m0/s1. The van der Waals surface area contributed by atoms with Crippen LogP contribution in [-0.2, 0) is 9.59 Å². The molecule has 2 atom stereocenters. The highest BCUT2D eigenvalue weighted by Gasteiger charge is 2.33. The molecule has 0 amide bonds. The molecule has 0 aliphatic carbocycles. The summed E-state index contributed by atoms with van der Waals surface area (Å²) in [5.41, 5.74) is -1.18. The Morgan fingerprint density at radius 2 is 1.40 bits per heavy atom. The lowest BCUT2D eigenvalue weighted by atomic mass is 9.91. The minimum atomic E-state index is -1.18. The summed E-state index contributed by atoms with van der Waals surface area (Å²) in [6, 6.07) is -0.470. The maximum atomic E-state index is 11.0. The molecule has 3 N–H and O–H groups in total. The molecule has 0 aromatic heterocycles. The molecule has 0 radical (unpaired) electrons. The molecule has 1 unspecified atom stereocenters. The largest absolute Gasteiger partial charge is 0.550 e. The highest BCUT2D eigenvalue weighted by molar-refractivity contribution is 5.72. The van der Waals surface area contributed by atoms with Gasteiger partial charge in [0.2, 0.25) is 0 Å². The molecule has 0 bridgehead atoms. The van der Waals surface area contributed by atoms with E-state index in [0.717, 1.165) is 64.3 Å². The minimum absolute atomic E-state index is 0.294. The summed E-state index contributed by atoms with van der Waals surface area (Å²) in [6.07, 6.45) is 22.1. The summed E-state index contributed by atoms with van der Waals surface area (Å²) < 4.78 is 0.530. The monoisotopic (exact) mass is 496 g/mol. The van der Waals surface area contributed by atoms with Crippen LogP contribution in [0.3, 0.4) is 0 Å². The number of carbonyl (C=O) groups is 2. The van der Waals surface area contributed by atoms with Crippen molar-refractivity contribution in [1.82, 2.24) is 5.32 Å². The van der Waals surface area contributed by atoms with E-state index in [0.29, 0.717) is 17.4 Å². The van der Waals surface area contributed by atoms with Gasteiger partial charge in [-0.3, -0.25) is 4.79 Å². The van der Waals surface area contributed by atoms with Crippen molar-refractivity contribution < 1.29 is 29.4 Å². The second-order valence-electron chi connectivity index (χ2n) is 10.9. The van der Waals surface area contributed by atoms with Crippen LogP contribution >= 0.6 is 0 Å². The van der Waals surface area contributed by atoms with Gasteiger partial charge in [0.25, 0.3) is 0 Å². The van der Waals surface area contributed by atoms with Crippen molar-refractivity contribution in [2.45, 2.75) is 108 Å². The molecule has 0 aromatic rings. The summed E-state index contributed by atoms with van der Waals surface area (Å²) in [6.45, 7) is 2.84. The van der Waals surface area contributed by atoms with E-state index in [1.165, 1.54) is 19.3 Å². The van der Waals surface area contributed by atoms with Crippen LogP contribution in [0.25, 0.3) is 0 Å². The van der Waals surface area contributed by atoms with Crippen LogP contribution in [0.4, 0.5) is 0 Å². The van der Waals surface area contributed by atoms with Crippen molar-refractivity contribution in [1.29, 1.82) is 0 Å². The number of carboxylic acids is 2. The fourth-order valence-electron chi connectivity index (χ4n) is 4.27. The molecule has 0 saturated heterocycles. The Morgan fingerprint density at radius 3 is 1.91 bits per heavy atom. The summed E-state index contributed by atoms with van der Waals surface area (Å²) in [7, 11) is 5.88. The Labute approximate surface area is 213 Å². The van der Waals surface area contributed by atoms with Gasteiger partial charge >= 0.3 is 5.97 Å². The van der Waals surface area contributed by atoms with Gasteiger partial charge in [-0.2, -0.15) is 0 Å². The number of likely N-dealkylation sites (N-methyl/N-ethyl adjacent to an activating group) is 1. The third-order valence-electron chi connectivity index (χ3n) is 5.98. The Hall–Kier alpha value is -1.70. The predicted octanol–water partition coefficient (Wildman–Crippen LogP) is 3.81. The van der Waals surface area contributed by atoms with Crippen LogP contribution < -0.4 is 10.4 Å². The van der Waals surface area contributed by atoms with E-state index in [1.54, 1.807) is 6.92 Å². The predicted molar refractivity (Wildman–Crippen MR) is 141 cm³/mol. The fourth-order valence-corrected chi connectivity index (χ4v) is 4.27. The Kier molecular flexibility index (Phi) is 18.5. The number of hydrogen-bond donors (Lipinski definition) is 3. The number of quaternary nitrogens is 1. The van der Waals surface area contributed by atoms with Crippen LogP contribution in [-0.4, -0.2) is 72.5 Å². The average molecular weight is 497 g/mol. The zero-order valence-electron chi connectivity index (χ0n) is 22.8. The number of unbranched alkanes of at least 4 members (excludes halogenated alkanes) is 9. The molecule has 0 spiro atoms. The van der Waals surface area contributed by atoms with E-state index in [9.17, 15) is 19.8 Å². The van der Waals surface area contributed by atoms with Gasteiger partial charge in [-0.25, -0.2) is 0 Å². The summed E-state index contributed by atoms with van der Waals surface area (Å²) in [4.78, 5) is 21.7. The van der Waals surface area contributed by atoms with Gasteiger partial charge in [-0.15, -0.1) is 0 Å². The third-order valence-corrected chi connectivity index (χ3v) is 5.98. The molecular formula is C28H52N2O5. The average Bonchev–Trinajstić information content (AvgIpc) is 2.73. The number of aliphatic carboxylic acids is 2.